The van der Waals surface area contributed by atoms with Crippen molar-refractivity contribution in [2.45, 2.75) is 19.4 Å². The fourth-order valence-electron chi connectivity index (χ4n) is 1.82. The minimum Gasteiger partial charge on any atom is -0.463 e. The van der Waals surface area contributed by atoms with E-state index in [0.29, 0.717) is 6.54 Å². The van der Waals surface area contributed by atoms with Crippen LogP contribution in [-0.2, 0) is 11.3 Å². The van der Waals surface area contributed by atoms with Crippen LogP contribution in [0.15, 0.2) is 41.1 Å². The van der Waals surface area contributed by atoms with Gasteiger partial charge in [-0.3, -0.25) is 9.78 Å². The Balaban J connectivity index is 1.69. The van der Waals surface area contributed by atoms with Crippen LogP contribution >= 0.6 is 0 Å². The van der Waals surface area contributed by atoms with E-state index in [2.05, 4.69) is 10.3 Å². The van der Waals surface area contributed by atoms with Gasteiger partial charge in [-0.15, -0.1) is 0 Å². The average Bonchev–Trinajstić information content (AvgIpc) is 3.11. The molecule has 0 aromatic carbocycles. The summed E-state index contributed by atoms with van der Waals surface area (Å²) < 4.78 is 5.30. The minimum atomic E-state index is 0.159. The molecule has 2 heterocycles. The van der Waals surface area contributed by atoms with Crippen LogP contribution in [0, 0.1) is 5.92 Å². The van der Waals surface area contributed by atoms with Crippen molar-refractivity contribution in [1.82, 2.24) is 10.3 Å². The fourth-order valence-corrected chi connectivity index (χ4v) is 1.82. The summed E-state index contributed by atoms with van der Waals surface area (Å²) in [5.41, 5.74) is 1.82. The number of furan rings is 1. The molecule has 0 saturated heterocycles. The molecule has 1 amide bonds. The van der Waals surface area contributed by atoms with Crippen molar-refractivity contribution >= 4 is 5.91 Å². The number of pyridine rings is 1. The van der Waals surface area contributed by atoms with Crippen LogP contribution in [0.2, 0.25) is 0 Å². The molecule has 0 bridgehead atoms. The summed E-state index contributed by atoms with van der Waals surface area (Å²) in [4.78, 5) is 15.8. The lowest BCUT2D eigenvalue weighted by atomic mass is 10.2. The number of nitrogens with zero attached hydrogens (tertiary/aromatic N) is 1. The second-order valence-electron chi connectivity index (χ2n) is 4.52. The van der Waals surface area contributed by atoms with Crippen LogP contribution in [0.1, 0.15) is 18.4 Å². The molecule has 1 N–H and O–H groups in total. The zero-order valence-electron chi connectivity index (χ0n) is 9.93. The monoisotopic (exact) mass is 242 g/mol. The number of hydrogen-bond donors (Lipinski definition) is 1. The standard InChI is InChI=1S/C14H14N2O2/c17-14(11-3-4-11)16-9-10-5-6-15-12(8-10)13-2-1-7-18-13/h1-2,5-8,11H,3-4,9H2,(H,16,17). The molecule has 4 nitrogen and oxygen atoms in total. The Bertz CT molecular complexity index is 545. The Hall–Kier alpha value is -2.10. The molecule has 0 spiro atoms. The quantitative estimate of drug-likeness (QED) is 0.895. The molecule has 2 aromatic heterocycles. The number of amides is 1. The van der Waals surface area contributed by atoms with Gasteiger partial charge < -0.3 is 9.73 Å². The van der Waals surface area contributed by atoms with Gasteiger partial charge in [0.25, 0.3) is 0 Å². The molecule has 1 saturated carbocycles. The molecule has 0 atom stereocenters. The molecule has 2 aromatic rings. The lowest BCUT2D eigenvalue weighted by molar-refractivity contribution is -0.122. The normalized spacial score (nSPS) is 14.4. The highest BCUT2D eigenvalue weighted by Gasteiger charge is 2.29. The number of rotatable bonds is 4. The number of hydrogen-bond acceptors (Lipinski definition) is 3. The topological polar surface area (TPSA) is 55.1 Å². The third-order valence-corrected chi connectivity index (χ3v) is 3.01. The largest absolute Gasteiger partial charge is 0.463 e. The average molecular weight is 242 g/mol. The Kier molecular flexibility index (Phi) is 2.84. The van der Waals surface area contributed by atoms with Crippen molar-refractivity contribution in [3.05, 3.63) is 42.3 Å². The predicted octanol–water partition coefficient (Wildman–Crippen LogP) is 2.37. The van der Waals surface area contributed by atoms with Crippen molar-refractivity contribution in [3.8, 4) is 11.5 Å². The van der Waals surface area contributed by atoms with Crippen LogP contribution in [0.25, 0.3) is 11.5 Å². The Morgan fingerprint density at radius 1 is 1.44 bits per heavy atom. The van der Waals surface area contributed by atoms with E-state index in [1.807, 2.05) is 24.3 Å². The zero-order chi connectivity index (χ0) is 12.4. The molecule has 0 aliphatic heterocycles. The van der Waals surface area contributed by atoms with E-state index in [1.54, 1.807) is 12.5 Å². The predicted molar refractivity (Wildman–Crippen MR) is 66.5 cm³/mol. The van der Waals surface area contributed by atoms with Crippen molar-refractivity contribution < 1.29 is 9.21 Å². The van der Waals surface area contributed by atoms with E-state index >= 15 is 0 Å². The fraction of sp³-hybridized carbons (Fsp3) is 0.286. The van der Waals surface area contributed by atoms with E-state index in [1.165, 1.54) is 0 Å². The third kappa shape index (κ3) is 2.42. The van der Waals surface area contributed by atoms with Crippen molar-refractivity contribution in [2.75, 3.05) is 0 Å². The molecule has 1 fully saturated rings. The zero-order valence-corrected chi connectivity index (χ0v) is 9.93. The first-order valence-electron chi connectivity index (χ1n) is 6.09. The summed E-state index contributed by atoms with van der Waals surface area (Å²) in [5, 5.41) is 2.94. The highest BCUT2D eigenvalue weighted by atomic mass is 16.3. The van der Waals surface area contributed by atoms with Gasteiger partial charge in [-0.25, -0.2) is 0 Å². The van der Waals surface area contributed by atoms with Crippen molar-refractivity contribution in [1.29, 1.82) is 0 Å². The molecule has 92 valence electrons. The van der Waals surface area contributed by atoms with Gasteiger partial charge >= 0.3 is 0 Å². The number of carbonyl (C=O) groups is 1. The first-order chi connectivity index (χ1) is 8.83. The van der Waals surface area contributed by atoms with Crippen LogP contribution in [0.5, 0.6) is 0 Å². The van der Waals surface area contributed by atoms with Gasteiger partial charge in [0.2, 0.25) is 5.91 Å². The first-order valence-corrected chi connectivity index (χ1v) is 6.09. The van der Waals surface area contributed by atoms with Crippen LogP contribution in [0.4, 0.5) is 0 Å². The molecular weight excluding hydrogens is 228 g/mol. The third-order valence-electron chi connectivity index (χ3n) is 3.01. The second-order valence-corrected chi connectivity index (χ2v) is 4.52. The second kappa shape index (κ2) is 4.64. The van der Waals surface area contributed by atoms with E-state index in [9.17, 15) is 4.79 Å². The molecule has 1 aliphatic rings. The van der Waals surface area contributed by atoms with Gasteiger partial charge in [0.15, 0.2) is 5.76 Å². The number of nitrogens with one attached hydrogen (secondary N) is 1. The molecule has 1 aliphatic carbocycles. The highest BCUT2D eigenvalue weighted by Crippen LogP contribution is 2.28. The van der Waals surface area contributed by atoms with E-state index in [4.69, 9.17) is 4.42 Å². The molecule has 0 radical (unpaired) electrons. The number of carbonyl (C=O) groups excluding carboxylic acids is 1. The molecule has 3 rings (SSSR count). The van der Waals surface area contributed by atoms with Gasteiger partial charge in [-0.05, 0) is 42.7 Å². The molecule has 0 unspecified atom stereocenters. The van der Waals surface area contributed by atoms with Crippen LogP contribution in [-0.4, -0.2) is 10.9 Å². The Morgan fingerprint density at radius 2 is 2.33 bits per heavy atom. The molecule has 4 heteroatoms. The highest BCUT2D eigenvalue weighted by molar-refractivity contribution is 5.80. The lowest BCUT2D eigenvalue weighted by Crippen LogP contribution is -2.24. The van der Waals surface area contributed by atoms with Crippen molar-refractivity contribution in [3.63, 3.8) is 0 Å². The Labute approximate surface area is 105 Å². The number of aromatic nitrogens is 1. The van der Waals surface area contributed by atoms with Gasteiger partial charge in [0.1, 0.15) is 5.69 Å². The van der Waals surface area contributed by atoms with Gasteiger partial charge in [0.05, 0.1) is 6.26 Å². The summed E-state index contributed by atoms with van der Waals surface area (Å²) in [6.07, 6.45) is 5.41. The van der Waals surface area contributed by atoms with Gasteiger partial charge in [-0.2, -0.15) is 0 Å². The molecular formula is C14H14N2O2. The maximum absolute atomic E-state index is 11.5. The van der Waals surface area contributed by atoms with Crippen LogP contribution in [0.3, 0.4) is 0 Å². The van der Waals surface area contributed by atoms with E-state index in [0.717, 1.165) is 29.9 Å². The minimum absolute atomic E-state index is 0.159. The van der Waals surface area contributed by atoms with E-state index < -0.39 is 0 Å². The smallest absolute Gasteiger partial charge is 0.223 e. The van der Waals surface area contributed by atoms with E-state index in [-0.39, 0.29) is 11.8 Å². The molecule has 18 heavy (non-hydrogen) atoms. The first kappa shape index (κ1) is 11.0. The lowest BCUT2D eigenvalue weighted by Gasteiger charge is -2.05. The maximum Gasteiger partial charge on any atom is 0.223 e. The summed E-state index contributed by atoms with van der Waals surface area (Å²) in [6, 6.07) is 7.54. The van der Waals surface area contributed by atoms with Crippen molar-refractivity contribution in [2.24, 2.45) is 5.92 Å². The van der Waals surface area contributed by atoms with Gasteiger partial charge in [-0.1, -0.05) is 0 Å². The Morgan fingerprint density at radius 3 is 3.06 bits per heavy atom. The summed E-state index contributed by atoms with van der Waals surface area (Å²) >= 11 is 0. The summed E-state index contributed by atoms with van der Waals surface area (Å²) in [7, 11) is 0. The van der Waals surface area contributed by atoms with Crippen LogP contribution < -0.4 is 5.32 Å². The summed E-state index contributed by atoms with van der Waals surface area (Å²) in [5.74, 6) is 1.15. The van der Waals surface area contributed by atoms with Gasteiger partial charge in [0, 0.05) is 18.7 Å². The SMILES string of the molecule is O=C(NCc1ccnc(-c2ccco2)c1)C1CC1. The maximum atomic E-state index is 11.5. The summed E-state index contributed by atoms with van der Waals surface area (Å²) in [6.45, 7) is 0.547.